The molecule has 70 heavy (non-hydrogen) atoms. The van der Waals surface area contributed by atoms with Gasteiger partial charge in [0.05, 0.1) is 25.2 Å². The largest absolute Gasteiger partial charge is 0.465 e. The highest BCUT2D eigenvalue weighted by Gasteiger charge is 2.41. The Labute approximate surface area is 412 Å². The van der Waals surface area contributed by atoms with Gasteiger partial charge in [0, 0.05) is 7.05 Å². The molecule has 3 aromatic carbocycles. The first-order chi connectivity index (χ1) is 33.6. The molecule has 1 saturated heterocycles. The number of unbranched alkanes of at least 4 members (excludes halogenated alkanes) is 3. The fourth-order valence-electron chi connectivity index (χ4n) is 9.32. The standard InChI is InChI=1S/C54H74N6O10/c1-6-7-8-18-25-45-42(31-37-26-28-40(29-27-37)39-21-14-10-15-22-39)53(66)60(5)44(30-35(2)3)50(63)59-48(41-23-16-11-17-24-41)52(65)57-43(32-56-54(67)68)49(62)58-47(51(64)55-33-46(61)70-45)36(4)69-34-38-19-12-9-13-20-38/h9-10,12-15,19-22,26-29,35-36,41-45,47-48,56H,6-8,11,16-18,23-25,30-34H2,1-5H3,(H,55,64)(H,57,65)(H,58,62)(H,59,63)(H,67,68)/t36?,42-,43+,44+,45-,47+,48+/m1/s1. The maximum absolute atomic E-state index is 15.3. The van der Waals surface area contributed by atoms with Crippen LogP contribution in [0.25, 0.3) is 11.1 Å². The van der Waals surface area contributed by atoms with E-state index in [0.717, 1.165) is 60.8 Å². The van der Waals surface area contributed by atoms with Crippen LogP contribution in [0.2, 0.25) is 0 Å². The highest BCUT2D eigenvalue weighted by Crippen LogP contribution is 2.29. The van der Waals surface area contributed by atoms with Crippen LogP contribution in [0, 0.1) is 17.8 Å². The predicted molar refractivity (Wildman–Crippen MR) is 266 cm³/mol. The minimum Gasteiger partial charge on any atom is -0.465 e. The number of hydrogen-bond acceptors (Lipinski definition) is 9. The van der Waals surface area contributed by atoms with Crippen LogP contribution in [-0.4, -0.2) is 108 Å². The predicted octanol–water partition coefficient (Wildman–Crippen LogP) is 6.31. The van der Waals surface area contributed by atoms with Crippen LogP contribution in [0.4, 0.5) is 4.79 Å². The van der Waals surface area contributed by atoms with Crippen molar-refractivity contribution in [2.75, 3.05) is 20.1 Å². The quantitative estimate of drug-likeness (QED) is 0.0654. The zero-order chi connectivity index (χ0) is 50.6. The van der Waals surface area contributed by atoms with Crippen molar-refractivity contribution in [1.29, 1.82) is 0 Å². The summed E-state index contributed by atoms with van der Waals surface area (Å²) in [6.45, 7) is 6.36. The number of benzene rings is 3. The average molecular weight is 967 g/mol. The monoisotopic (exact) mass is 967 g/mol. The fraction of sp³-hybridized carbons (Fsp3) is 0.537. The summed E-state index contributed by atoms with van der Waals surface area (Å²) >= 11 is 0. The molecule has 16 heteroatoms. The summed E-state index contributed by atoms with van der Waals surface area (Å²) in [4.78, 5) is 100. The lowest BCUT2D eigenvalue weighted by molar-refractivity contribution is -0.158. The topological polar surface area (TPSA) is 222 Å². The van der Waals surface area contributed by atoms with Crippen LogP contribution in [0.3, 0.4) is 0 Å². The molecule has 0 aromatic heterocycles. The number of rotatable bonds is 17. The van der Waals surface area contributed by atoms with Crippen molar-refractivity contribution in [2.45, 2.75) is 148 Å². The second-order valence-electron chi connectivity index (χ2n) is 19.2. The molecule has 6 N–H and O–H groups in total. The maximum atomic E-state index is 15.3. The Balaban J connectivity index is 1.58. The highest BCUT2D eigenvalue weighted by molar-refractivity contribution is 5.96. The molecule has 16 nitrogen and oxygen atoms in total. The van der Waals surface area contributed by atoms with Crippen LogP contribution in [0.15, 0.2) is 84.9 Å². The van der Waals surface area contributed by atoms with E-state index in [1.807, 2.05) is 98.8 Å². The number of amides is 6. The number of carbonyl (C=O) groups excluding carboxylic acids is 6. The van der Waals surface area contributed by atoms with Crippen LogP contribution in [0.1, 0.15) is 109 Å². The van der Waals surface area contributed by atoms with E-state index in [1.165, 1.54) is 4.90 Å². The maximum Gasteiger partial charge on any atom is 0.404 e. The number of esters is 1. The second-order valence-corrected chi connectivity index (χ2v) is 19.2. The first-order valence-electron chi connectivity index (χ1n) is 25.1. The third-order valence-corrected chi connectivity index (χ3v) is 13.3. The first kappa shape index (κ1) is 54.6. The molecule has 0 spiro atoms. The average Bonchev–Trinajstić information content (AvgIpc) is 3.36. The molecule has 5 rings (SSSR count). The zero-order valence-corrected chi connectivity index (χ0v) is 41.5. The number of cyclic esters (lactones) is 1. The lowest BCUT2D eigenvalue weighted by atomic mass is 9.83. The van der Waals surface area contributed by atoms with E-state index < -0.39 is 97.0 Å². The van der Waals surface area contributed by atoms with Gasteiger partial charge in [0.15, 0.2) is 0 Å². The molecular weight excluding hydrogens is 893 g/mol. The Hall–Kier alpha value is -6.29. The van der Waals surface area contributed by atoms with Gasteiger partial charge in [-0.1, -0.05) is 144 Å². The minimum absolute atomic E-state index is 0.0591. The van der Waals surface area contributed by atoms with Gasteiger partial charge in [-0.15, -0.1) is 0 Å². The smallest absolute Gasteiger partial charge is 0.404 e. The third-order valence-electron chi connectivity index (χ3n) is 13.3. The summed E-state index contributed by atoms with van der Waals surface area (Å²) < 4.78 is 12.3. The molecule has 1 saturated carbocycles. The molecule has 0 bridgehead atoms. The first-order valence-corrected chi connectivity index (χ1v) is 25.1. The van der Waals surface area contributed by atoms with Gasteiger partial charge in [-0.25, -0.2) is 4.79 Å². The summed E-state index contributed by atoms with van der Waals surface area (Å²) in [6, 6.07) is 21.7. The molecule has 7 atom stereocenters. The summed E-state index contributed by atoms with van der Waals surface area (Å²) in [5, 5.41) is 22.7. The Kier molecular flexibility index (Phi) is 21.7. The SMILES string of the molecule is CCCCCC[C@H]1OC(=O)CNC(=O)[C@H](C(C)OCc2ccccc2)NC(=O)[C@H](CNC(=O)O)NC(=O)[C@H](C2CCCCC2)NC(=O)[C@H](CC(C)C)N(C)C(=O)[C@@H]1Cc1ccc(-c2ccccc2)cc1. The second kappa shape index (κ2) is 27.8. The minimum atomic E-state index is -1.55. The molecule has 1 unspecified atom stereocenters. The number of nitrogens with zero attached hydrogens (tertiary/aromatic N) is 1. The van der Waals surface area contributed by atoms with Gasteiger partial charge in [-0.3, -0.25) is 28.8 Å². The summed E-state index contributed by atoms with van der Waals surface area (Å²) in [7, 11) is 1.56. The van der Waals surface area contributed by atoms with E-state index in [2.05, 4.69) is 33.5 Å². The van der Waals surface area contributed by atoms with E-state index in [4.69, 9.17) is 9.47 Å². The number of hydrogen-bond donors (Lipinski definition) is 6. The lowest BCUT2D eigenvalue weighted by Crippen LogP contribution is -2.63. The van der Waals surface area contributed by atoms with Crippen LogP contribution in [0.5, 0.6) is 0 Å². The zero-order valence-electron chi connectivity index (χ0n) is 41.5. The Morgan fingerprint density at radius 2 is 1.43 bits per heavy atom. The molecule has 2 fully saturated rings. The van der Waals surface area contributed by atoms with Gasteiger partial charge < -0.3 is 46.1 Å². The highest BCUT2D eigenvalue weighted by atomic mass is 16.5. The summed E-state index contributed by atoms with van der Waals surface area (Å²) in [6.07, 6.45) is 4.33. The molecule has 380 valence electrons. The van der Waals surface area contributed by atoms with Gasteiger partial charge in [-0.2, -0.15) is 0 Å². The van der Waals surface area contributed by atoms with Crippen molar-refractivity contribution < 1.29 is 48.1 Å². The summed E-state index contributed by atoms with van der Waals surface area (Å²) in [5.74, 6) is -5.65. The van der Waals surface area contributed by atoms with Gasteiger partial charge >= 0.3 is 12.1 Å². The molecule has 1 aliphatic carbocycles. The van der Waals surface area contributed by atoms with E-state index in [0.29, 0.717) is 25.7 Å². The molecule has 1 aliphatic heterocycles. The van der Waals surface area contributed by atoms with Crippen LogP contribution < -0.4 is 26.6 Å². The van der Waals surface area contributed by atoms with E-state index >= 15 is 4.79 Å². The van der Waals surface area contributed by atoms with Gasteiger partial charge in [0.25, 0.3) is 0 Å². The van der Waals surface area contributed by atoms with E-state index in [1.54, 1.807) is 14.0 Å². The van der Waals surface area contributed by atoms with Crippen LogP contribution in [-0.2, 0) is 51.3 Å². The van der Waals surface area contributed by atoms with Gasteiger partial charge in [-0.05, 0) is 79.5 Å². The molecule has 6 amide bonds. The molecule has 1 heterocycles. The van der Waals surface area contributed by atoms with E-state index in [-0.39, 0.29) is 31.3 Å². The number of carbonyl (C=O) groups is 7. The number of nitrogens with one attached hydrogen (secondary N) is 5. The molecule has 2 aliphatic rings. The Morgan fingerprint density at radius 3 is 2.07 bits per heavy atom. The van der Waals surface area contributed by atoms with Crippen LogP contribution >= 0.6 is 0 Å². The molecular formula is C54H74N6O10. The normalized spacial score (nSPS) is 23.1. The molecule has 0 radical (unpaired) electrons. The van der Waals surface area contributed by atoms with Crippen molar-refractivity contribution in [3.63, 3.8) is 0 Å². The number of likely N-dealkylation sites (N-methyl/N-ethyl adjacent to an activating group) is 1. The molecule has 3 aromatic rings. The third kappa shape index (κ3) is 16.7. The lowest BCUT2D eigenvalue weighted by Gasteiger charge is -2.36. The Bertz CT molecular complexity index is 2170. The van der Waals surface area contributed by atoms with Crippen molar-refractivity contribution in [3.8, 4) is 11.1 Å². The van der Waals surface area contributed by atoms with Crippen molar-refractivity contribution in [2.24, 2.45) is 17.8 Å². The number of ether oxygens (including phenoxy) is 2. The van der Waals surface area contributed by atoms with Crippen molar-refractivity contribution in [1.82, 2.24) is 31.5 Å². The van der Waals surface area contributed by atoms with E-state index in [9.17, 15) is 33.9 Å². The van der Waals surface area contributed by atoms with Gasteiger partial charge in [0.1, 0.15) is 36.8 Å². The van der Waals surface area contributed by atoms with Gasteiger partial charge in [0.2, 0.25) is 29.5 Å². The Morgan fingerprint density at radius 1 is 0.771 bits per heavy atom. The fourth-order valence-corrected chi connectivity index (χ4v) is 9.32. The van der Waals surface area contributed by atoms with Crippen molar-refractivity contribution >= 4 is 41.6 Å². The summed E-state index contributed by atoms with van der Waals surface area (Å²) in [5.41, 5.74) is 3.60. The van der Waals surface area contributed by atoms with Crippen molar-refractivity contribution in [3.05, 3.63) is 96.1 Å². The number of carboxylic acid groups (broad SMARTS) is 1.